The van der Waals surface area contributed by atoms with E-state index in [0.717, 1.165) is 0 Å². The molecule has 0 aliphatic rings. The first-order valence-corrected chi connectivity index (χ1v) is 7.54. The fourth-order valence-corrected chi connectivity index (χ4v) is 0.834. The predicted octanol–water partition coefficient (Wildman–Crippen LogP) is -3.06. The summed E-state index contributed by atoms with van der Waals surface area (Å²) in [5.41, 5.74) is 0. The first-order valence-electron chi connectivity index (χ1n) is 7.54. The van der Waals surface area contributed by atoms with Crippen molar-refractivity contribution >= 4 is 48.8 Å². The maximum Gasteiger partial charge on any atom is 3.00 e. The van der Waals surface area contributed by atoms with E-state index in [4.69, 9.17) is 9.59 Å². The Bertz CT molecular complexity index is 379. The van der Waals surface area contributed by atoms with Gasteiger partial charge in [-0.2, -0.15) is 0 Å². The zero-order chi connectivity index (χ0) is 23.7. The average molecular weight is 508 g/mol. The molecule has 0 aliphatic heterocycles. The third-order valence-electron chi connectivity index (χ3n) is 2.04. The van der Waals surface area contributed by atoms with E-state index in [0.29, 0.717) is 0 Å². The van der Waals surface area contributed by atoms with Crippen molar-refractivity contribution in [3.05, 3.63) is 0 Å². The van der Waals surface area contributed by atoms with Crippen LogP contribution in [0.4, 0.5) is 0 Å². The van der Waals surface area contributed by atoms with Crippen molar-refractivity contribution in [2.75, 3.05) is 0 Å². The standard InChI is InChI=1S/3C5H8O3.2CH2O.Rh/c3*1-4(6)2-3-5(7)8;2*1-2;/h3*2-3H2,1H3,(H,7,8);2*1H2;/q;;;;;+3/p-3. The number of carbonyl (C=O) groups is 8. The van der Waals surface area contributed by atoms with E-state index in [1.54, 1.807) is 0 Å². The van der Waals surface area contributed by atoms with Crippen LogP contribution in [0.25, 0.3) is 0 Å². The number of Topliss-reactive ketones (excluding diaryl/α,β-unsaturated/α-hetero) is 3. The molecule has 0 aromatic rings. The van der Waals surface area contributed by atoms with Crippen LogP contribution in [-0.2, 0) is 57.8 Å². The van der Waals surface area contributed by atoms with Crippen LogP contribution >= 0.6 is 0 Å². The summed E-state index contributed by atoms with van der Waals surface area (Å²) in [4.78, 5) is 75.1. The molecule has 168 valence electrons. The normalized spacial score (nSPS) is 7.41. The zero-order valence-corrected chi connectivity index (χ0v) is 18.1. The van der Waals surface area contributed by atoms with Gasteiger partial charge in [-0.25, -0.2) is 0 Å². The quantitative estimate of drug-likeness (QED) is 0.286. The summed E-state index contributed by atoms with van der Waals surface area (Å²) in [5, 5.41) is 28.9. The Labute approximate surface area is 181 Å². The Balaban J connectivity index is -0.0000000618. The van der Waals surface area contributed by atoms with E-state index >= 15 is 0 Å². The Kier molecular flexibility index (Phi) is 46.6. The topological polar surface area (TPSA) is 206 Å². The van der Waals surface area contributed by atoms with Gasteiger partial charge in [0.05, 0.1) is 0 Å². The van der Waals surface area contributed by atoms with Crippen LogP contribution in [0.5, 0.6) is 0 Å². The minimum absolute atomic E-state index is 0. The van der Waals surface area contributed by atoms with Crippen LogP contribution in [0.15, 0.2) is 0 Å². The van der Waals surface area contributed by atoms with Gasteiger partial charge in [-0.15, -0.1) is 0 Å². The van der Waals surface area contributed by atoms with Crippen molar-refractivity contribution in [1.82, 2.24) is 0 Å². The first kappa shape index (κ1) is 40.9. The van der Waals surface area contributed by atoms with Crippen LogP contribution in [0.1, 0.15) is 59.3 Å². The SMILES string of the molecule is C=O.C=O.CC(=O)CCC(=O)[O-].CC(=O)CCC(=O)[O-].CC(=O)CCC(=O)[O-].[Rh+3]. The molecule has 0 radical (unpaired) electrons. The van der Waals surface area contributed by atoms with Gasteiger partial charge >= 0.3 is 19.5 Å². The van der Waals surface area contributed by atoms with Crippen molar-refractivity contribution in [2.24, 2.45) is 0 Å². The summed E-state index contributed by atoms with van der Waals surface area (Å²) >= 11 is 0. The van der Waals surface area contributed by atoms with Crippen molar-refractivity contribution in [3.63, 3.8) is 0 Å². The minimum Gasteiger partial charge on any atom is -0.550 e. The molecular formula is C17H25O11Rh. The van der Waals surface area contributed by atoms with Gasteiger partial charge in [-0.3, -0.25) is 0 Å². The number of carbonyl (C=O) groups excluding carboxylic acids is 8. The van der Waals surface area contributed by atoms with E-state index in [2.05, 4.69) is 0 Å². The molecule has 0 rings (SSSR count). The van der Waals surface area contributed by atoms with E-state index in [-0.39, 0.29) is 75.4 Å². The fraction of sp³-hybridized carbons (Fsp3) is 0.529. The van der Waals surface area contributed by atoms with Crippen molar-refractivity contribution in [3.8, 4) is 0 Å². The van der Waals surface area contributed by atoms with Crippen LogP contribution in [0.2, 0.25) is 0 Å². The van der Waals surface area contributed by atoms with Crippen LogP contribution in [0.3, 0.4) is 0 Å². The molecule has 0 aliphatic carbocycles. The monoisotopic (exact) mass is 508 g/mol. The Morgan fingerprint density at radius 1 is 0.483 bits per heavy atom. The summed E-state index contributed by atoms with van der Waals surface area (Å²) < 4.78 is 0. The van der Waals surface area contributed by atoms with Crippen LogP contribution in [-0.4, -0.2) is 48.8 Å². The van der Waals surface area contributed by atoms with Gasteiger partial charge in [-0.1, -0.05) is 0 Å². The summed E-state index contributed by atoms with van der Waals surface area (Å²) in [6.45, 7) is 8.05. The molecule has 0 bridgehead atoms. The molecule has 0 unspecified atom stereocenters. The maximum atomic E-state index is 10.1. The largest absolute Gasteiger partial charge is 3.00 e. The number of hydrogen-bond donors (Lipinski definition) is 0. The van der Waals surface area contributed by atoms with Crippen molar-refractivity contribution in [1.29, 1.82) is 0 Å². The van der Waals surface area contributed by atoms with Crippen LogP contribution < -0.4 is 15.3 Å². The second kappa shape index (κ2) is 33.0. The molecule has 0 N–H and O–H groups in total. The molecule has 0 aromatic carbocycles. The molecule has 12 heteroatoms. The molecule has 0 amide bonds. The molecule has 0 saturated heterocycles. The maximum absolute atomic E-state index is 10.1. The Hall–Kier alpha value is -2.62. The molecule has 0 fully saturated rings. The third-order valence-corrected chi connectivity index (χ3v) is 2.04. The first-order chi connectivity index (χ1) is 12.9. The van der Waals surface area contributed by atoms with Crippen molar-refractivity contribution in [2.45, 2.75) is 59.3 Å². The fourth-order valence-electron chi connectivity index (χ4n) is 0.834. The van der Waals surface area contributed by atoms with Gasteiger partial charge in [0.15, 0.2) is 0 Å². The second-order valence-electron chi connectivity index (χ2n) is 4.72. The van der Waals surface area contributed by atoms with Crippen LogP contribution in [0, 0.1) is 0 Å². The number of carboxylic acid groups (broad SMARTS) is 3. The zero-order valence-electron chi connectivity index (χ0n) is 16.5. The number of aliphatic carboxylic acids is 3. The van der Waals surface area contributed by atoms with Gasteiger partial charge < -0.3 is 53.7 Å². The van der Waals surface area contributed by atoms with E-state index < -0.39 is 17.9 Å². The number of carboxylic acids is 3. The summed E-state index contributed by atoms with van der Waals surface area (Å²) in [6, 6.07) is 0. The van der Waals surface area contributed by atoms with Gasteiger partial charge in [0.25, 0.3) is 0 Å². The van der Waals surface area contributed by atoms with Crippen molar-refractivity contribution < 1.29 is 73.2 Å². The minimum atomic E-state index is -1.17. The van der Waals surface area contributed by atoms with E-state index in [1.807, 2.05) is 13.6 Å². The molecule has 0 heterocycles. The number of ketones is 3. The molecule has 0 atom stereocenters. The van der Waals surface area contributed by atoms with E-state index in [9.17, 15) is 44.1 Å². The number of hydrogen-bond acceptors (Lipinski definition) is 11. The van der Waals surface area contributed by atoms with Gasteiger partial charge in [-0.05, 0) is 40.0 Å². The van der Waals surface area contributed by atoms with Gasteiger partial charge in [0.1, 0.15) is 30.9 Å². The summed E-state index contributed by atoms with van der Waals surface area (Å²) in [7, 11) is 0. The average Bonchev–Trinajstić information content (AvgIpc) is 2.61. The second-order valence-corrected chi connectivity index (χ2v) is 4.72. The molecule has 11 nitrogen and oxygen atoms in total. The van der Waals surface area contributed by atoms with E-state index in [1.165, 1.54) is 20.8 Å². The smallest absolute Gasteiger partial charge is 0.550 e. The number of rotatable bonds is 9. The third kappa shape index (κ3) is 90.5. The summed E-state index contributed by atoms with van der Waals surface area (Å²) in [5.74, 6) is -3.85. The predicted molar refractivity (Wildman–Crippen MR) is 89.0 cm³/mol. The Morgan fingerprint density at radius 2 is 0.621 bits per heavy atom. The molecule has 0 aromatic heterocycles. The molecule has 29 heavy (non-hydrogen) atoms. The molecule has 0 saturated carbocycles. The summed E-state index contributed by atoms with van der Waals surface area (Å²) in [6.07, 6.45) is -0.215. The molecule has 0 spiro atoms. The molecular weight excluding hydrogens is 483 g/mol. The Morgan fingerprint density at radius 3 is 0.655 bits per heavy atom. The van der Waals surface area contributed by atoms with Gasteiger partial charge in [0.2, 0.25) is 0 Å². The van der Waals surface area contributed by atoms with Gasteiger partial charge in [0, 0.05) is 37.2 Å².